The molecule has 0 spiro atoms. The predicted octanol–water partition coefficient (Wildman–Crippen LogP) is 2.45. The Morgan fingerprint density at radius 2 is 2.10 bits per heavy atom. The lowest BCUT2D eigenvalue weighted by atomic mass is 9.85. The van der Waals surface area contributed by atoms with Crippen molar-refractivity contribution in [2.45, 2.75) is 46.1 Å². The zero-order chi connectivity index (χ0) is 14.7. The van der Waals surface area contributed by atoms with E-state index in [-0.39, 0.29) is 6.10 Å². The third kappa shape index (κ3) is 3.18. The summed E-state index contributed by atoms with van der Waals surface area (Å²) in [7, 11) is 3.76. The van der Waals surface area contributed by atoms with Crippen LogP contribution in [0.5, 0.6) is 0 Å². The lowest BCUT2D eigenvalue weighted by Crippen LogP contribution is -2.27. The van der Waals surface area contributed by atoms with Crippen molar-refractivity contribution < 1.29 is 4.74 Å². The number of methoxy groups -OCH3 is 1. The average molecular weight is 277 g/mol. The maximum Gasteiger partial charge on any atom is 0.157 e. The Hall–Kier alpha value is -1.00. The molecule has 2 unspecified atom stereocenters. The molecule has 1 aliphatic carbocycles. The summed E-state index contributed by atoms with van der Waals surface area (Å²) in [5.74, 6) is 1.95. The van der Waals surface area contributed by atoms with E-state index in [4.69, 9.17) is 14.7 Å². The van der Waals surface area contributed by atoms with Gasteiger partial charge in [0.05, 0.1) is 0 Å². The fraction of sp³-hybridized carbons (Fsp3) is 0.750. The molecule has 1 N–H and O–H groups in total. The SMILES string of the molecule is CNCC1CCc2nc(C(OC)C(C)C)nc(C)c2C1. The van der Waals surface area contributed by atoms with Gasteiger partial charge in [-0.2, -0.15) is 0 Å². The monoisotopic (exact) mass is 277 g/mol. The highest BCUT2D eigenvalue weighted by Gasteiger charge is 2.25. The van der Waals surface area contributed by atoms with E-state index < -0.39 is 0 Å². The second kappa shape index (κ2) is 6.64. The predicted molar refractivity (Wildman–Crippen MR) is 80.8 cm³/mol. The van der Waals surface area contributed by atoms with Crippen LogP contribution in [0.2, 0.25) is 0 Å². The van der Waals surface area contributed by atoms with Gasteiger partial charge in [-0.05, 0) is 57.2 Å². The fourth-order valence-corrected chi connectivity index (χ4v) is 3.15. The highest BCUT2D eigenvalue weighted by atomic mass is 16.5. The first-order chi connectivity index (χ1) is 9.56. The first kappa shape index (κ1) is 15.4. The number of rotatable bonds is 5. The third-order valence-electron chi connectivity index (χ3n) is 4.21. The molecule has 2 rings (SSSR count). The molecule has 0 fully saturated rings. The molecule has 2 atom stereocenters. The Labute approximate surface area is 122 Å². The zero-order valence-electron chi connectivity index (χ0n) is 13.4. The topological polar surface area (TPSA) is 47.0 Å². The fourth-order valence-electron chi connectivity index (χ4n) is 3.15. The quantitative estimate of drug-likeness (QED) is 0.898. The molecule has 1 aromatic rings. The molecule has 1 heterocycles. The molecular weight excluding hydrogens is 250 g/mol. The molecule has 1 aromatic heterocycles. The van der Waals surface area contributed by atoms with Gasteiger partial charge in [-0.3, -0.25) is 0 Å². The van der Waals surface area contributed by atoms with Crippen molar-refractivity contribution in [2.75, 3.05) is 20.7 Å². The molecule has 0 saturated carbocycles. The second-order valence-electron chi connectivity index (χ2n) is 6.16. The molecule has 0 radical (unpaired) electrons. The number of fused-ring (bicyclic) bond motifs is 1. The third-order valence-corrected chi connectivity index (χ3v) is 4.21. The first-order valence-corrected chi connectivity index (χ1v) is 7.60. The molecule has 4 heteroatoms. The van der Waals surface area contributed by atoms with Crippen molar-refractivity contribution in [3.05, 3.63) is 22.8 Å². The number of nitrogens with zero attached hydrogens (tertiary/aromatic N) is 2. The maximum absolute atomic E-state index is 5.57. The standard InChI is InChI=1S/C16H27N3O/c1-10(2)15(20-5)16-18-11(3)13-8-12(9-17-4)6-7-14(13)19-16/h10,12,15,17H,6-9H2,1-5H3. The number of ether oxygens (including phenoxy) is 1. The van der Waals surface area contributed by atoms with Crippen LogP contribution < -0.4 is 5.32 Å². The van der Waals surface area contributed by atoms with Crippen molar-refractivity contribution in [1.82, 2.24) is 15.3 Å². The Morgan fingerprint density at radius 1 is 1.35 bits per heavy atom. The van der Waals surface area contributed by atoms with E-state index >= 15 is 0 Å². The van der Waals surface area contributed by atoms with E-state index in [1.165, 1.54) is 17.7 Å². The van der Waals surface area contributed by atoms with Gasteiger partial charge in [0.15, 0.2) is 5.82 Å². The first-order valence-electron chi connectivity index (χ1n) is 7.60. The van der Waals surface area contributed by atoms with Crippen LogP contribution in [-0.2, 0) is 17.6 Å². The van der Waals surface area contributed by atoms with E-state index in [1.54, 1.807) is 7.11 Å². The normalized spacial score (nSPS) is 20.0. The number of aromatic nitrogens is 2. The Kier molecular flexibility index (Phi) is 5.11. The van der Waals surface area contributed by atoms with Crippen LogP contribution in [0.15, 0.2) is 0 Å². The van der Waals surface area contributed by atoms with Crippen LogP contribution >= 0.6 is 0 Å². The summed E-state index contributed by atoms with van der Waals surface area (Å²) in [4.78, 5) is 9.52. The number of aryl methyl sites for hydroxylation is 2. The van der Waals surface area contributed by atoms with Gasteiger partial charge in [0, 0.05) is 18.5 Å². The molecule has 0 amide bonds. The summed E-state index contributed by atoms with van der Waals surface area (Å²) in [6.45, 7) is 7.48. The van der Waals surface area contributed by atoms with Gasteiger partial charge in [0.1, 0.15) is 6.10 Å². The average Bonchev–Trinajstić information content (AvgIpc) is 2.40. The van der Waals surface area contributed by atoms with Gasteiger partial charge < -0.3 is 10.1 Å². The van der Waals surface area contributed by atoms with Gasteiger partial charge >= 0.3 is 0 Å². The molecular formula is C16H27N3O. The van der Waals surface area contributed by atoms with E-state index in [1.807, 2.05) is 7.05 Å². The Morgan fingerprint density at radius 3 is 2.70 bits per heavy atom. The van der Waals surface area contributed by atoms with Gasteiger partial charge in [-0.25, -0.2) is 9.97 Å². The summed E-state index contributed by atoms with van der Waals surface area (Å²) < 4.78 is 5.57. The van der Waals surface area contributed by atoms with Crippen LogP contribution in [0.25, 0.3) is 0 Å². The number of hydrogen-bond donors (Lipinski definition) is 1. The Balaban J connectivity index is 2.28. The zero-order valence-corrected chi connectivity index (χ0v) is 13.4. The molecule has 0 aliphatic heterocycles. The van der Waals surface area contributed by atoms with E-state index in [0.717, 1.165) is 30.9 Å². The minimum Gasteiger partial charge on any atom is -0.373 e. The Bertz CT molecular complexity index is 459. The van der Waals surface area contributed by atoms with Gasteiger partial charge in [-0.15, -0.1) is 0 Å². The minimum atomic E-state index is -0.00553. The van der Waals surface area contributed by atoms with Gasteiger partial charge in [0.2, 0.25) is 0 Å². The highest BCUT2D eigenvalue weighted by molar-refractivity contribution is 5.28. The minimum absolute atomic E-state index is 0.00553. The summed E-state index contributed by atoms with van der Waals surface area (Å²) in [6, 6.07) is 0. The van der Waals surface area contributed by atoms with Crippen LogP contribution in [-0.4, -0.2) is 30.7 Å². The smallest absolute Gasteiger partial charge is 0.157 e. The van der Waals surface area contributed by atoms with E-state index in [0.29, 0.717) is 11.8 Å². The van der Waals surface area contributed by atoms with Crippen molar-refractivity contribution in [3.8, 4) is 0 Å². The van der Waals surface area contributed by atoms with Gasteiger partial charge in [-0.1, -0.05) is 13.8 Å². The summed E-state index contributed by atoms with van der Waals surface area (Å²) in [5, 5.41) is 3.28. The molecule has 0 bridgehead atoms. The van der Waals surface area contributed by atoms with E-state index in [2.05, 4.69) is 26.1 Å². The van der Waals surface area contributed by atoms with Crippen LogP contribution in [0.3, 0.4) is 0 Å². The molecule has 4 nitrogen and oxygen atoms in total. The van der Waals surface area contributed by atoms with Crippen LogP contribution in [0.1, 0.15) is 49.1 Å². The highest BCUT2D eigenvalue weighted by Crippen LogP contribution is 2.29. The van der Waals surface area contributed by atoms with Crippen molar-refractivity contribution in [1.29, 1.82) is 0 Å². The van der Waals surface area contributed by atoms with Crippen molar-refractivity contribution >= 4 is 0 Å². The molecule has 1 aliphatic rings. The van der Waals surface area contributed by atoms with Crippen molar-refractivity contribution in [3.63, 3.8) is 0 Å². The molecule has 0 aromatic carbocycles. The molecule has 20 heavy (non-hydrogen) atoms. The lowest BCUT2D eigenvalue weighted by Gasteiger charge is -2.27. The number of nitrogens with one attached hydrogen (secondary N) is 1. The maximum atomic E-state index is 5.57. The molecule has 0 saturated heterocycles. The summed E-state index contributed by atoms with van der Waals surface area (Å²) >= 11 is 0. The lowest BCUT2D eigenvalue weighted by molar-refractivity contribution is 0.0570. The van der Waals surface area contributed by atoms with Crippen LogP contribution in [0, 0.1) is 18.8 Å². The summed E-state index contributed by atoms with van der Waals surface area (Å²) in [6.07, 6.45) is 3.37. The summed E-state index contributed by atoms with van der Waals surface area (Å²) in [5.41, 5.74) is 3.73. The second-order valence-corrected chi connectivity index (χ2v) is 6.16. The van der Waals surface area contributed by atoms with Gasteiger partial charge in [0.25, 0.3) is 0 Å². The van der Waals surface area contributed by atoms with E-state index in [9.17, 15) is 0 Å². The van der Waals surface area contributed by atoms with Crippen molar-refractivity contribution in [2.24, 2.45) is 11.8 Å². The number of hydrogen-bond acceptors (Lipinski definition) is 4. The molecule has 112 valence electrons. The van der Waals surface area contributed by atoms with Crippen LogP contribution in [0.4, 0.5) is 0 Å². The largest absolute Gasteiger partial charge is 0.373 e.